The van der Waals surface area contributed by atoms with Crippen molar-refractivity contribution in [3.05, 3.63) is 47.6 Å². The minimum Gasteiger partial charge on any atom is -0.397 e. The van der Waals surface area contributed by atoms with Gasteiger partial charge in [0, 0.05) is 18.4 Å². The van der Waals surface area contributed by atoms with Crippen LogP contribution in [0.5, 0.6) is 0 Å². The number of rotatable bonds is 5. The number of para-hydroxylation sites is 2. The first kappa shape index (κ1) is 14.7. The van der Waals surface area contributed by atoms with Gasteiger partial charge in [0.2, 0.25) is 5.91 Å². The van der Waals surface area contributed by atoms with Crippen LogP contribution in [0.15, 0.2) is 47.6 Å². The van der Waals surface area contributed by atoms with E-state index in [1.807, 2.05) is 12.1 Å². The summed E-state index contributed by atoms with van der Waals surface area (Å²) in [5.41, 5.74) is 6.96. The lowest BCUT2D eigenvalue weighted by Gasteiger charge is -2.07. The summed E-state index contributed by atoms with van der Waals surface area (Å²) in [6.07, 6.45) is 2.05. The van der Waals surface area contributed by atoms with Crippen LogP contribution >= 0.6 is 23.4 Å². The maximum absolute atomic E-state index is 11.8. The van der Waals surface area contributed by atoms with Gasteiger partial charge in [-0.2, -0.15) is 0 Å². The smallest absolute Gasteiger partial charge is 0.225 e. The van der Waals surface area contributed by atoms with Gasteiger partial charge in [-0.3, -0.25) is 4.79 Å². The van der Waals surface area contributed by atoms with Gasteiger partial charge in [-0.1, -0.05) is 23.7 Å². The molecular weight excluding hydrogens is 294 g/mol. The summed E-state index contributed by atoms with van der Waals surface area (Å²) < 4.78 is 0. The highest BCUT2D eigenvalue weighted by Crippen LogP contribution is 2.24. The first-order chi connectivity index (χ1) is 9.66. The first-order valence-corrected chi connectivity index (χ1v) is 7.41. The highest BCUT2D eigenvalue weighted by molar-refractivity contribution is 7.99. The van der Waals surface area contributed by atoms with E-state index in [2.05, 4.69) is 10.3 Å². The van der Waals surface area contributed by atoms with Gasteiger partial charge < -0.3 is 11.1 Å². The molecule has 1 amide bonds. The fraction of sp³-hybridized carbons (Fsp3) is 0.143. The minimum atomic E-state index is -0.0811. The Morgan fingerprint density at radius 2 is 2.10 bits per heavy atom. The number of hydrogen-bond acceptors (Lipinski definition) is 4. The largest absolute Gasteiger partial charge is 0.397 e. The quantitative estimate of drug-likeness (QED) is 0.656. The summed E-state index contributed by atoms with van der Waals surface area (Å²) in [5, 5.41) is 4.12. The molecule has 0 atom stereocenters. The monoisotopic (exact) mass is 307 g/mol. The number of carbonyl (C=O) groups excluding carboxylic acids is 1. The van der Waals surface area contributed by atoms with Crippen molar-refractivity contribution in [2.45, 2.75) is 11.4 Å². The number of nitrogens with zero attached hydrogens (tertiary/aromatic N) is 1. The number of nitrogen functional groups attached to an aromatic ring is 1. The number of anilines is 2. The molecule has 0 radical (unpaired) electrons. The molecule has 3 N–H and O–H groups in total. The Hall–Kier alpha value is -1.72. The Morgan fingerprint density at radius 3 is 2.85 bits per heavy atom. The molecule has 0 fully saturated rings. The molecule has 104 valence electrons. The third-order valence-corrected chi connectivity index (χ3v) is 3.95. The van der Waals surface area contributed by atoms with Crippen LogP contribution in [0.2, 0.25) is 5.02 Å². The number of nitrogens with two attached hydrogens (primary N) is 1. The molecule has 1 aromatic carbocycles. The molecule has 2 rings (SSSR count). The molecule has 2 aromatic rings. The van der Waals surface area contributed by atoms with Crippen molar-refractivity contribution in [2.75, 3.05) is 16.8 Å². The number of nitrogens with one attached hydrogen (secondary N) is 1. The van der Waals surface area contributed by atoms with Crippen LogP contribution in [0.4, 0.5) is 11.4 Å². The molecule has 1 aromatic heterocycles. The van der Waals surface area contributed by atoms with Crippen LogP contribution in [-0.4, -0.2) is 16.6 Å². The number of hydrogen-bond donors (Lipinski definition) is 2. The van der Waals surface area contributed by atoms with Gasteiger partial charge in [-0.25, -0.2) is 4.98 Å². The maximum Gasteiger partial charge on any atom is 0.225 e. The highest BCUT2D eigenvalue weighted by Gasteiger charge is 2.06. The summed E-state index contributed by atoms with van der Waals surface area (Å²) in [6, 6.07) is 10.7. The van der Waals surface area contributed by atoms with Crippen LogP contribution < -0.4 is 11.1 Å². The van der Waals surface area contributed by atoms with E-state index in [4.69, 9.17) is 17.3 Å². The molecule has 4 nitrogen and oxygen atoms in total. The van der Waals surface area contributed by atoms with Crippen molar-refractivity contribution in [1.29, 1.82) is 0 Å². The van der Waals surface area contributed by atoms with E-state index in [0.717, 1.165) is 5.03 Å². The number of aromatic nitrogens is 1. The number of carbonyl (C=O) groups is 1. The van der Waals surface area contributed by atoms with E-state index in [0.29, 0.717) is 28.6 Å². The summed E-state index contributed by atoms with van der Waals surface area (Å²) >= 11 is 7.44. The van der Waals surface area contributed by atoms with Gasteiger partial charge in [0.05, 0.1) is 16.4 Å². The third kappa shape index (κ3) is 4.15. The zero-order valence-electron chi connectivity index (χ0n) is 10.7. The molecule has 6 heteroatoms. The lowest BCUT2D eigenvalue weighted by atomic mass is 10.2. The van der Waals surface area contributed by atoms with E-state index < -0.39 is 0 Å². The Kier molecular flexibility index (Phi) is 5.26. The van der Waals surface area contributed by atoms with Crippen LogP contribution in [0.3, 0.4) is 0 Å². The fourth-order valence-electron chi connectivity index (χ4n) is 1.54. The Balaban J connectivity index is 1.82. The predicted molar refractivity (Wildman–Crippen MR) is 84.1 cm³/mol. The number of benzene rings is 1. The minimum absolute atomic E-state index is 0.0811. The molecule has 0 aliphatic carbocycles. The normalized spacial score (nSPS) is 10.2. The summed E-state index contributed by atoms with van der Waals surface area (Å²) in [6.45, 7) is 0. The topological polar surface area (TPSA) is 68.0 Å². The Labute approximate surface area is 126 Å². The van der Waals surface area contributed by atoms with Crippen molar-refractivity contribution in [3.8, 4) is 0 Å². The van der Waals surface area contributed by atoms with E-state index in [1.165, 1.54) is 11.8 Å². The number of pyridine rings is 1. The van der Waals surface area contributed by atoms with Crippen LogP contribution in [0.25, 0.3) is 0 Å². The number of amides is 1. The second kappa shape index (κ2) is 7.17. The third-order valence-electron chi connectivity index (χ3n) is 2.53. The van der Waals surface area contributed by atoms with Gasteiger partial charge in [-0.05, 0) is 24.3 Å². The van der Waals surface area contributed by atoms with Crippen molar-refractivity contribution >= 4 is 40.6 Å². The van der Waals surface area contributed by atoms with Gasteiger partial charge in [-0.15, -0.1) is 11.8 Å². The standard InChI is InChI=1S/C14H14ClN3OS/c15-10-4-3-8-17-14(10)20-9-7-13(19)18-12-6-2-1-5-11(12)16/h1-6,8H,7,9,16H2,(H,18,19). The van der Waals surface area contributed by atoms with Crippen molar-refractivity contribution < 1.29 is 4.79 Å². The van der Waals surface area contributed by atoms with Crippen LogP contribution in [0.1, 0.15) is 6.42 Å². The summed E-state index contributed by atoms with van der Waals surface area (Å²) in [5.74, 6) is 0.525. The lowest BCUT2D eigenvalue weighted by Crippen LogP contribution is -2.13. The molecule has 0 bridgehead atoms. The van der Waals surface area contributed by atoms with Crippen molar-refractivity contribution in [2.24, 2.45) is 0 Å². The fourth-order valence-corrected chi connectivity index (χ4v) is 2.65. The van der Waals surface area contributed by atoms with E-state index in [-0.39, 0.29) is 5.91 Å². The summed E-state index contributed by atoms with van der Waals surface area (Å²) in [7, 11) is 0. The second-order valence-corrected chi connectivity index (χ2v) is 5.52. The molecular formula is C14H14ClN3OS. The molecule has 20 heavy (non-hydrogen) atoms. The van der Waals surface area contributed by atoms with E-state index in [1.54, 1.807) is 30.5 Å². The predicted octanol–water partition coefficient (Wildman–Crippen LogP) is 3.44. The van der Waals surface area contributed by atoms with E-state index in [9.17, 15) is 4.79 Å². The van der Waals surface area contributed by atoms with Gasteiger partial charge in [0.15, 0.2) is 0 Å². The van der Waals surface area contributed by atoms with Crippen LogP contribution in [0, 0.1) is 0 Å². The molecule has 1 heterocycles. The first-order valence-electron chi connectivity index (χ1n) is 6.04. The van der Waals surface area contributed by atoms with Gasteiger partial charge in [0.25, 0.3) is 0 Å². The molecule has 0 spiro atoms. The highest BCUT2D eigenvalue weighted by atomic mass is 35.5. The zero-order valence-corrected chi connectivity index (χ0v) is 12.2. The van der Waals surface area contributed by atoms with Gasteiger partial charge in [0.1, 0.15) is 5.03 Å². The maximum atomic E-state index is 11.8. The average molecular weight is 308 g/mol. The van der Waals surface area contributed by atoms with Crippen molar-refractivity contribution in [1.82, 2.24) is 4.98 Å². The van der Waals surface area contributed by atoms with Crippen LogP contribution in [-0.2, 0) is 4.79 Å². The Morgan fingerprint density at radius 1 is 1.30 bits per heavy atom. The number of thioether (sulfide) groups is 1. The van der Waals surface area contributed by atoms with Crippen molar-refractivity contribution in [3.63, 3.8) is 0 Å². The molecule has 0 saturated carbocycles. The zero-order chi connectivity index (χ0) is 14.4. The second-order valence-electron chi connectivity index (χ2n) is 4.02. The molecule has 0 aliphatic rings. The Bertz CT molecular complexity index is 606. The van der Waals surface area contributed by atoms with Gasteiger partial charge >= 0.3 is 0 Å². The molecule has 0 unspecified atom stereocenters. The SMILES string of the molecule is Nc1ccccc1NC(=O)CCSc1ncccc1Cl. The van der Waals surface area contributed by atoms with E-state index >= 15 is 0 Å². The average Bonchev–Trinajstić information content (AvgIpc) is 2.43. The molecule has 0 aliphatic heterocycles. The lowest BCUT2D eigenvalue weighted by molar-refractivity contribution is -0.115. The molecule has 0 saturated heterocycles. The summed E-state index contributed by atoms with van der Waals surface area (Å²) in [4.78, 5) is 16.0. The number of halogens is 1.